The van der Waals surface area contributed by atoms with E-state index in [0.29, 0.717) is 6.54 Å². The van der Waals surface area contributed by atoms with Gasteiger partial charge in [-0.1, -0.05) is 13.8 Å². The van der Waals surface area contributed by atoms with Gasteiger partial charge in [0.15, 0.2) is 0 Å². The monoisotopic (exact) mass is 273 g/mol. The van der Waals surface area contributed by atoms with Gasteiger partial charge in [0.2, 0.25) is 5.91 Å². The van der Waals surface area contributed by atoms with Gasteiger partial charge in [-0.2, -0.15) is 0 Å². The number of urea groups is 1. The first kappa shape index (κ1) is 17.2. The van der Waals surface area contributed by atoms with E-state index in [9.17, 15) is 14.4 Å². The first-order chi connectivity index (χ1) is 8.83. The molecular formula is C12H23N3O4. The van der Waals surface area contributed by atoms with Gasteiger partial charge in [-0.3, -0.25) is 9.59 Å². The van der Waals surface area contributed by atoms with Crippen molar-refractivity contribution in [2.24, 2.45) is 11.7 Å². The lowest BCUT2D eigenvalue weighted by atomic mass is 10.0. The second kappa shape index (κ2) is 8.34. The number of likely N-dealkylation sites (N-methyl/N-ethyl adjacent to an activating group) is 1. The fourth-order valence-electron chi connectivity index (χ4n) is 1.62. The lowest BCUT2D eigenvalue weighted by Crippen LogP contribution is -2.52. The zero-order chi connectivity index (χ0) is 15.0. The van der Waals surface area contributed by atoms with E-state index in [1.807, 2.05) is 13.8 Å². The lowest BCUT2D eigenvalue weighted by Gasteiger charge is -2.28. The van der Waals surface area contributed by atoms with Gasteiger partial charge in [0.25, 0.3) is 0 Å². The summed E-state index contributed by atoms with van der Waals surface area (Å²) in [6.45, 7) is 6.13. The lowest BCUT2D eigenvalue weighted by molar-refractivity contribution is -0.142. The molecule has 1 unspecified atom stereocenters. The molecule has 0 aliphatic carbocycles. The average Bonchev–Trinajstić information content (AvgIpc) is 2.35. The van der Waals surface area contributed by atoms with Crippen molar-refractivity contribution in [2.45, 2.75) is 33.2 Å². The second-order valence-electron chi connectivity index (χ2n) is 4.47. The van der Waals surface area contributed by atoms with E-state index in [1.54, 1.807) is 6.92 Å². The standard InChI is InChI=1S/C12H23N3O4/c1-5-15(7-6-9(16)19-4)11(17)10(8(2)3)14-12(13)18/h8,10H,5-7H2,1-4H3,(H3,13,14,18). The van der Waals surface area contributed by atoms with Crippen LogP contribution in [0.3, 0.4) is 0 Å². The molecule has 0 aromatic rings. The largest absolute Gasteiger partial charge is 0.469 e. The van der Waals surface area contributed by atoms with Gasteiger partial charge in [-0.25, -0.2) is 4.79 Å². The summed E-state index contributed by atoms with van der Waals surface area (Å²) in [5, 5.41) is 2.43. The third-order valence-electron chi connectivity index (χ3n) is 2.74. The average molecular weight is 273 g/mol. The number of nitrogens with zero attached hydrogens (tertiary/aromatic N) is 1. The van der Waals surface area contributed by atoms with Crippen LogP contribution in [0.15, 0.2) is 0 Å². The Morgan fingerprint density at radius 2 is 1.89 bits per heavy atom. The zero-order valence-corrected chi connectivity index (χ0v) is 11.9. The minimum Gasteiger partial charge on any atom is -0.469 e. The molecule has 0 bridgehead atoms. The van der Waals surface area contributed by atoms with Gasteiger partial charge in [-0.15, -0.1) is 0 Å². The molecule has 0 aromatic heterocycles. The van der Waals surface area contributed by atoms with Crippen LogP contribution in [0.2, 0.25) is 0 Å². The maximum absolute atomic E-state index is 12.3. The van der Waals surface area contributed by atoms with Crippen molar-refractivity contribution in [3.05, 3.63) is 0 Å². The van der Waals surface area contributed by atoms with E-state index in [-0.39, 0.29) is 30.8 Å². The molecule has 0 radical (unpaired) electrons. The molecule has 0 aliphatic rings. The van der Waals surface area contributed by atoms with E-state index >= 15 is 0 Å². The molecule has 0 saturated heterocycles. The number of ether oxygens (including phenoxy) is 1. The molecule has 0 fully saturated rings. The number of carbonyl (C=O) groups excluding carboxylic acids is 3. The van der Waals surface area contributed by atoms with E-state index in [0.717, 1.165) is 0 Å². The van der Waals surface area contributed by atoms with Crippen LogP contribution in [0.5, 0.6) is 0 Å². The van der Waals surface area contributed by atoms with Crippen molar-refractivity contribution in [3.8, 4) is 0 Å². The number of carbonyl (C=O) groups is 3. The molecule has 3 amide bonds. The molecule has 0 heterocycles. The Morgan fingerprint density at radius 3 is 2.26 bits per heavy atom. The Bertz CT molecular complexity index is 331. The number of amides is 3. The van der Waals surface area contributed by atoms with Crippen molar-refractivity contribution >= 4 is 17.9 Å². The fraction of sp³-hybridized carbons (Fsp3) is 0.750. The van der Waals surface area contributed by atoms with Gasteiger partial charge in [0.1, 0.15) is 6.04 Å². The molecule has 0 aromatic carbocycles. The minimum absolute atomic E-state index is 0.0906. The number of methoxy groups -OCH3 is 1. The number of rotatable bonds is 7. The van der Waals surface area contributed by atoms with Crippen LogP contribution >= 0.6 is 0 Å². The Balaban J connectivity index is 4.68. The predicted molar refractivity (Wildman–Crippen MR) is 70.2 cm³/mol. The van der Waals surface area contributed by atoms with Crippen molar-refractivity contribution in [1.82, 2.24) is 10.2 Å². The van der Waals surface area contributed by atoms with Crippen LogP contribution in [0.1, 0.15) is 27.2 Å². The fourth-order valence-corrected chi connectivity index (χ4v) is 1.62. The summed E-state index contributed by atoms with van der Waals surface area (Å²) < 4.78 is 4.53. The quantitative estimate of drug-likeness (QED) is 0.642. The topological polar surface area (TPSA) is 102 Å². The number of nitrogens with two attached hydrogens (primary N) is 1. The second-order valence-corrected chi connectivity index (χ2v) is 4.47. The maximum Gasteiger partial charge on any atom is 0.312 e. The number of hydrogen-bond acceptors (Lipinski definition) is 4. The van der Waals surface area contributed by atoms with Crippen LogP contribution in [-0.4, -0.2) is 49.0 Å². The minimum atomic E-state index is -0.740. The molecule has 1 atom stereocenters. The number of primary amides is 1. The summed E-state index contributed by atoms with van der Waals surface area (Å²) in [6.07, 6.45) is 0.122. The summed E-state index contributed by atoms with van der Waals surface area (Å²) in [5.74, 6) is -0.720. The molecule has 0 rings (SSSR count). The first-order valence-corrected chi connectivity index (χ1v) is 6.25. The van der Waals surface area contributed by atoms with Crippen LogP contribution in [0.25, 0.3) is 0 Å². The summed E-state index contributed by atoms with van der Waals surface area (Å²) in [6, 6.07) is -1.42. The summed E-state index contributed by atoms with van der Waals surface area (Å²) in [4.78, 5) is 35.7. The number of nitrogens with one attached hydrogen (secondary N) is 1. The highest BCUT2D eigenvalue weighted by Crippen LogP contribution is 2.07. The predicted octanol–water partition coefficient (Wildman–Crippen LogP) is 0.0909. The SMILES string of the molecule is CCN(CCC(=O)OC)C(=O)C(NC(N)=O)C(C)C. The highest BCUT2D eigenvalue weighted by Gasteiger charge is 2.27. The summed E-state index contributed by atoms with van der Waals surface area (Å²) in [5.41, 5.74) is 5.06. The zero-order valence-electron chi connectivity index (χ0n) is 11.9. The van der Waals surface area contributed by atoms with Gasteiger partial charge < -0.3 is 20.7 Å². The molecule has 3 N–H and O–H groups in total. The maximum atomic E-state index is 12.3. The van der Waals surface area contributed by atoms with Crippen LogP contribution < -0.4 is 11.1 Å². The summed E-state index contributed by atoms with van der Waals surface area (Å²) >= 11 is 0. The molecule has 0 aliphatic heterocycles. The van der Waals surface area contributed by atoms with Gasteiger partial charge in [0.05, 0.1) is 13.5 Å². The number of hydrogen-bond donors (Lipinski definition) is 2. The molecule has 0 spiro atoms. The number of esters is 1. The van der Waals surface area contributed by atoms with Gasteiger partial charge in [0, 0.05) is 13.1 Å². The first-order valence-electron chi connectivity index (χ1n) is 6.25. The van der Waals surface area contributed by atoms with Crippen molar-refractivity contribution in [1.29, 1.82) is 0 Å². The van der Waals surface area contributed by atoms with Crippen LogP contribution in [0, 0.1) is 5.92 Å². The van der Waals surface area contributed by atoms with Crippen molar-refractivity contribution < 1.29 is 19.1 Å². The molecule has 7 heteroatoms. The van der Waals surface area contributed by atoms with Crippen LogP contribution in [0.4, 0.5) is 4.79 Å². The molecule has 110 valence electrons. The highest BCUT2D eigenvalue weighted by molar-refractivity contribution is 5.87. The Kier molecular flexibility index (Phi) is 7.55. The Morgan fingerprint density at radius 1 is 1.32 bits per heavy atom. The normalized spacial score (nSPS) is 11.8. The summed E-state index contributed by atoms with van der Waals surface area (Å²) in [7, 11) is 1.30. The third kappa shape index (κ3) is 6.08. The Hall–Kier alpha value is -1.79. The third-order valence-corrected chi connectivity index (χ3v) is 2.74. The van der Waals surface area contributed by atoms with Crippen LogP contribution in [-0.2, 0) is 14.3 Å². The van der Waals surface area contributed by atoms with Gasteiger partial charge >= 0.3 is 12.0 Å². The van der Waals surface area contributed by atoms with E-state index in [2.05, 4.69) is 10.1 Å². The molecule has 0 saturated carbocycles. The van der Waals surface area contributed by atoms with E-state index in [4.69, 9.17) is 5.73 Å². The highest BCUT2D eigenvalue weighted by atomic mass is 16.5. The molecule has 19 heavy (non-hydrogen) atoms. The van der Waals surface area contributed by atoms with Crippen molar-refractivity contribution in [2.75, 3.05) is 20.2 Å². The molecule has 7 nitrogen and oxygen atoms in total. The van der Waals surface area contributed by atoms with Crippen molar-refractivity contribution in [3.63, 3.8) is 0 Å². The van der Waals surface area contributed by atoms with Gasteiger partial charge in [-0.05, 0) is 12.8 Å². The molecular weight excluding hydrogens is 250 g/mol. The Labute approximate surface area is 113 Å². The van der Waals surface area contributed by atoms with E-state index in [1.165, 1.54) is 12.0 Å². The van der Waals surface area contributed by atoms with E-state index < -0.39 is 12.1 Å². The smallest absolute Gasteiger partial charge is 0.312 e.